The maximum atomic E-state index is 12.6. The third-order valence-corrected chi connectivity index (χ3v) is 6.06. The van der Waals surface area contributed by atoms with Crippen molar-refractivity contribution < 1.29 is 17.7 Å². The van der Waals surface area contributed by atoms with Gasteiger partial charge in [0.25, 0.3) is 6.43 Å². The molecule has 0 radical (unpaired) electrons. The zero-order chi connectivity index (χ0) is 18.3. The predicted octanol–water partition coefficient (Wildman–Crippen LogP) is 2.03. The first kappa shape index (κ1) is 17.5. The zero-order valence-electron chi connectivity index (χ0n) is 14.3. The molecule has 1 aromatic heterocycles. The maximum absolute atomic E-state index is 12.6. The van der Waals surface area contributed by atoms with E-state index in [1.807, 2.05) is 18.2 Å². The van der Waals surface area contributed by atoms with Crippen LogP contribution in [0.1, 0.15) is 12.8 Å². The Bertz CT molecular complexity index is 824. The highest BCUT2D eigenvalue weighted by atomic mass is 32.2. The van der Waals surface area contributed by atoms with Crippen LogP contribution in [0.3, 0.4) is 0 Å². The summed E-state index contributed by atoms with van der Waals surface area (Å²) in [6, 6.07) is 5.69. The minimum absolute atomic E-state index is 0.0308. The number of anilines is 1. The predicted molar refractivity (Wildman–Crippen MR) is 96.0 cm³/mol. The Hall–Kier alpha value is -1.87. The summed E-state index contributed by atoms with van der Waals surface area (Å²) in [4.78, 5) is 10.9. The second-order valence-corrected chi connectivity index (χ2v) is 7.77. The van der Waals surface area contributed by atoms with Crippen LogP contribution in [0, 0.1) is 5.41 Å². The average molecular weight is 382 g/mol. The molecule has 26 heavy (non-hydrogen) atoms. The van der Waals surface area contributed by atoms with Crippen molar-refractivity contribution in [3.8, 4) is 5.75 Å². The molecule has 0 atom stereocenters. The van der Waals surface area contributed by atoms with E-state index in [0.29, 0.717) is 0 Å². The van der Waals surface area contributed by atoms with Gasteiger partial charge in [0, 0.05) is 36.0 Å². The van der Waals surface area contributed by atoms with Crippen LogP contribution in [0.2, 0.25) is 0 Å². The summed E-state index contributed by atoms with van der Waals surface area (Å²) >= 11 is -0.316. The van der Waals surface area contributed by atoms with Gasteiger partial charge in [0.15, 0.2) is 0 Å². The number of hydrogen-bond acceptors (Lipinski definition) is 5. The average Bonchev–Trinajstić information content (AvgIpc) is 2.57. The lowest BCUT2D eigenvalue weighted by Gasteiger charge is -2.60. The number of halogens is 2. The molecule has 6 nitrogen and oxygen atoms in total. The molecule has 2 aromatic rings. The van der Waals surface area contributed by atoms with Gasteiger partial charge >= 0.3 is 0 Å². The Morgan fingerprint density at radius 1 is 1.38 bits per heavy atom. The van der Waals surface area contributed by atoms with Crippen LogP contribution in [-0.2, 0) is 11.9 Å². The number of fused-ring (bicyclic) bond motifs is 1. The van der Waals surface area contributed by atoms with Crippen LogP contribution < -0.4 is 9.64 Å². The lowest BCUT2D eigenvalue weighted by Crippen LogP contribution is -2.66. The number of thiol groups is 1. The Morgan fingerprint density at radius 3 is 2.81 bits per heavy atom. The van der Waals surface area contributed by atoms with Crippen molar-refractivity contribution in [1.82, 2.24) is 14.3 Å². The van der Waals surface area contributed by atoms with Crippen LogP contribution in [0.4, 0.5) is 14.6 Å². The van der Waals surface area contributed by atoms with Crippen LogP contribution in [0.25, 0.3) is 10.9 Å². The van der Waals surface area contributed by atoms with Crippen LogP contribution in [0.5, 0.6) is 5.75 Å². The molecule has 1 saturated heterocycles. The highest BCUT2D eigenvalue weighted by Gasteiger charge is 2.54. The maximum Gasteiger partial charge on any atom is 0.252 e. The van der Waals surface area contributed by atoms with Gasteiger partial charge in [0.05, 0.1) is 31.0 Å². The monoisotopic (exact) mass is 382 g/mol. The lowest BCUT2D eigenvalue weighted by atomic mass is 9.60. The van der Waals surface area contributed by atoms with Gasteiger partial charge in [-0.1, -0.05) is 0 Å². The van der Waals surface area contributed by atoms with Gasteiger partial charge in [0.1, 0.15) is 17.9 Å². The number of benzene rings is 1. The normalized spacial score (nSPS) is 19.2. The number of nitrogens with zero attached hydrogens (tertiary/aromatic N) is 4. The van der Waals surface area contributed by atoms with Crippen molar-refractivity contribution in [3.63, 3.8) is 0 Å². The van der Waals surface area contributed by atoms with Crippen molar-refractivity contribution in [2.45, 2.75) is 25.3 Å². The Balaban J connectivity index is 1.43. The number of aromatic nitrogens is 2. The van der Waals surface area contributed by atoms with Crippen molar-refractivity contribution in [2.24, 2.45) is 5.41 Å². The number of rotatable bonds is 6. The van der Waals surface area contributed by atoms with Crippen molar-refractivity contribution in [3.05, 3.63) is 24.5 Å². The largest absolute Gasteiger partial charge is 0.497 e. The SMILES string of the molecule is COc1ccc2c(N3CC4(CC(N(CC(F)F)[SH]=O)C4)C3)ncnc2c1. The summed E-state index contributed by atoms with van der Waals surface area (Å²) in [5.74, 6) is 1.64. The summed E-state index contributed by atoms with van der Waals surface area (Å²) in [6.45, 7) is 1.23. The quantitative estimate of drug-likeness (QED) is 0.775. The molecule has 2 heterocycles. The molecule has 4 rings (SSSR count). The third kappa shape index (κ3) is 3.03. The molecule has 0 N–H and O–H groups in total. The summed E-state index contributed by atoms with van der Waals surface area (Å²) in [7, 11) is 1.62. The Kier molecular flexibility index (Phi) is 4.52. The molecule has 2 aliphatic rings. The van der Waals surface area contributed by atoms with E-state index >= 15 is 0 Å². The topological polar surface area (TPSA) is 58.6 Å². The number of methoxy groups -OCH3 is 1. The molecule has 0 bridgehead atoms. The molecule has 0 amide bonds. The molecule has 0 unspecified atom stereocenters. The minimum atomic E-state index is -2.46. The lowest BCUT2D eigenvalue weighted by molar-refractivity contribution is -0.00116. The van der Waals surface area contributed by atoms with Gasteiger partial charge in [-0.25, -0.2) is 27.3 Å². The van der Waals surface area contributed by atoms with E-state index in [1.165, 1.54) is 4.31 Å². The Morgan fingerprint density at radius 2 is 2.15 bits per heavy atom. The first-order valence-corrected chi connectivity index (χ1v) is 9.22. The standard InChI is InChI=1S/C17H20F2N4O2S/c1-25-12-2-3-13-14(4-12)20-10-21-16(13)22-8-17(9-22)5-11(6-17)23(26-24)7-15(18)19/h2-4,10-11,15,26H,5-9H2,1H3. The summed E-state index contributed by atoms with van der Waals surface area (Å²) in [5, 5.41) is 0.969. The molecule has 1 aliphatic heterocycles. The van der Waals surface area contributed by atoms with E-state index < -0.39 is 13.0 Å². The van der Waals surface area contributed by atoms with Crippen LogP contribution in [-0.4, -0.2) is 57.7 Å². The van der Waals surface area contributed by atoms with Crippen molar-refractivity contribution in [2.75, 3.05) is 31.6 Å². The van der Waals surface area contributed by atoms with Crippen molar-refractivity contribution in [1.29, 1.82) is 0 Å². The van der Waals surface area contributed by atoms with E-state index in [1.54, 1.807) is 13.4 Å². The van der Waals surface area contributed by atoms with Gasteiger partial charge in [0.2, 0.25) is 0 Å². The molecule has 1 saturated carbocycles. The van der Waals surface area contributed by atoms with Crippen molar-refractivity contribution >= 4 is 28.6 Å². The van der Waals surface area contributed by atoms with E-state index in [0.717, 1.165) is 48.4 Å². The van der Waals surface area contributed by atoms with Crippen LogP contribution >= 0.6 is 0 Å². The smallest absolute Gasteiger partial charge is 0.252 e. The molecule has 1 spiro atoms. The molecule has 1 aromatic carbocycles. The fraction of sp³-hybridized carbons (Fsp3) is 0.529. The zero-order valence-corrected chi connectivity index (χ0v) is 15.2. The second-order valence-electron chi connectivity index (χ2n) is 7.09. The highest BCUT2D eigenvalue weighted by molar-refractivity contribution is 7.63. The fourth-order valence-electron chi connectivity index (χ4n) is 4.11. The van der Waals surface area contributed by atoms with E-state index in [9.17, 15) is 13.0 Å². The summed E-state index contributed by atoms with van der Waals surface area (Å²) < 4.78 is 42.8. The van der Waals surface area contributed by atoms with Gasteiger partial charge in [-0.05, 0) is 25.0 Å². The molecule has 9 heteroatoms. The second kappa shape index (κ2) is 6.70. The Labute approximate surface area is 153 Å². The van der Waals surface area contributed by atoms with Crippen LogP contribution in [0.15, 0.2) is 24.5 Å². The first-order valence-electron chi connectivity index (χ1n) is 8.45. The van der Waals surface area contributed by atoms with E-state index in [-0.39, 0.29) is 23.3 Å². The summed E-state index contributed by atoms with van der Waals surface area (Å²) in [6.07, 6.45) is 0.673. The van der Waals surface area contributed by atoms with Gasteiger partial charge in [-0.2, -0.15) is 0 Å². The number of hydrogen-bond donors (Lipinski definition) is 1. The number of alkyl halides is 2. The molecule has 2 fully saturated rings. The molecular formula is C17H20F2N4O2S. The first-order chi connectivity index (χ1) is 12.5. The fourth-order valence-corrected chi connectivity index (χ4v) is 4.60. The summed E-state index contributed by atoms with van der Waals surface area (Å²) in [5.41, 5.74) is 0.953. The molecule has 1 aliphatic carbocycles. The minimum Gasteiger partial charge on any atom is -0.497 e. The van der Waals surface area contributed by atoms with E-state index in [2.05, 4.69) is 14.9 Å². The highest BCUT2D eigenvalue weighted by Crippen LogP contribution is 2.51. The molecule has 140 valence electrons. The van der Waals surface area contributed by atoms with Gasteiger partial charge < -0.3 is 9.64 Å². The molecular weight excluding hydrogens is 362 g/mol. The third-order valence-electron chi connectivity index (χ3n) is 5.36. The van der Waals surface area contributed by atoms with Gasteiger partial charge in [-0.3, -0.25) is 0 Å². The number of ether oxygens (including phenoxy) is 1. The van der Waals surface area contributed by atoms with Gasteiger partial charge in [-0.15, -0.1) is 0 Å². The van der Waals surface area contributed by atoms with E-state index in [4.69, 9.17) is 4.74 Å².